The Morgan fingerprint density at radius 3 is 2.50 bits per heavy atom. The molecule has 2 heterocycles. The third-order valence-electron chi connectivity index (χ3n) is 5.04. The van der Waals surface area contributed by atoms with Gasteiger partial charge in [-0.05, 0) is 42.7 Å². The maximum atomic E-state index is 12.9. The van der Waals surface area contributed by atoms with Crippen LogP contribution in [0.4, 0.5) is 16.2 Å². The number of carbonyl (C=O) groups excluding carboxylic acids is 1. The minimum atomic E-state index is 0.156. The number of nitrogens with zero attached hydrogens (tertiary/aromatic N) is 3. The van der Waals surface area contributed by atoms with E-state index in [-0.39, 0.29) is 6.03 Å². The van der Waals surface area contributed by atoms with E-state index in [1.165, 1.54) is 16.8 Å². The zero-order valence-corrected chi connectivity index (χ0v) is 14.1. The first kappa shape index (κ1) is 15.1. The van der Waals surface area contributed by atoms with Gasteiger partial charge in [0.25, 0.3) is 0 Å². The molecular formula is C20H23N3O. The van der Waals surface area contributed by atoms with Crippen molar-refractivity contribution in [3.05, 3.63) is 59.7 Å². The van der Waals surface area contributed by atoms with E-state index in [4.69, 9.17) is 0 Å². The van der Waals surface area contributed by atoms with Crippen LogP contribution in [0.1, 0.15) is 11.1 Å². The first-order chi connectivity index (χ1) is 11.7. The van der Waals surface area contributed by atoms with Gasteiger partial charge in [0, 0.05) is 44.1 Å². The Labute approximate surface area is 143 Å². The van der Waals surface area contributed by atoms with Crippen molar-refractivity contribution in [2.45, 2.75) is 13.3 Å². The van der Waals surface area contributed by atoms with Crippen LogP contribution in [-0.4, -0.2) is 43.7 Å². The number of carbonyl (C=O) groups is 1. The van der Waals surface area contributed by atoms with Crippen LogP contribution in [0.2, 0.25) is 0 Å². The van der Waals surface area contributed by atoms with Gasteiger partial charge in [0.1, 0.15) is 0 Å². The van der Waals surface area contributed by atoms with E-state index in [9.17, 15) is 4.79 Å². The molecule has 0 spiro atoms. The Bertz CT molecular complexity index is 750. The smallest absolute Gasteiger partial charge is 0.324 e. The summed E-state index contributed by atoms with van der Waals surface area (Å²) < 4.78 is 0. The monoisotopic (exact) mass is 321 g/mol. The molecule has 2 aromatic rings. The topological polar surface area (TPSA) is 26.8 Å². The van der Waals surface area contributed by atoms with E-state index in [0.717, 1.165) is 44.8 Å². The number of amides is 2. The number of hydrogen-bond acceptors (Lipinski definition) is 2. The number of piperazine rings is 1. The molecule has 0 bridgehead atoms. The van der Waals surface area contributed by atoms with Crippen LogP contribution in [0.15, 0.2) is 48.5 Å². The lowest BCUT2D eigenvalue weighted by Crippen LogP contribution is -2.52. The van der Waals surface area contributed by atoms with Gasteiger partial charge in [-0.3, -0.25) is 4.90 Å². The van der Waals surface area contributed by atoms with E-state index < -0.39 is 0 Å². The molecule has 0 saturated carbocycles. The second kappa shape index (κ2) is 6.19. The van der Waals surface area contributed by atoms with Gasteiger partial charge in [-0.2, -0.15) is 0 Å². The highest BCUT2D eigenvalue weighted by atomic mass is 16.2. The summed E-state index contributed by atoms with van der Waals surface area (Å²) in [6.07, 6.45) is 0.963. The average molecular weight is 321 g/mol. The van der Waals surface area contributed by atoms with Crippen molar-refractivity contribution >= 4 is 17.4 Å². The van der Waals surface area contributed by atoms with Crippen molar-refractivity contribution in [2.75, 3.05) is 42.5 Å². The zero-order valence-electron chi connectivity index (χ0n) is 14.1. The van der Waals surface area contributed by atoms with Gasteiger partial charge in [0.2, 0.25) is 0 Å². The van der Waals surface area contributed by atoms with Crippen LogP contribution in [0.5, 0.6) is 0 Å². The fraction of sp³-hybridized carbons (Fsp3) is 0.350. The normalized spacial score (nSPS) is 17.1. The van der Waals surface area contributed by atoms with Crippen LogP contribution in [0, 0.1) is 6.92 Å². The van der Waals surface area contributed by atoms with Crippen LogP contribution in [0.3, 0.4) is 0 Å². The van der Waals surface area contributed by atoms with Gasteiger partial charge < -0.3 is 9.80 Å². The second-order valence-corrected chi connectivity index (χ2v) is 6.63. The van der Waals surface area contributed by atoms with Gasteiger partial charge in [-0.1, -0.05) is 30.3 Å². The number of anilines is 2. The summed E-state index contributed by atoms with van der Waals surface area (Å²) in [5, 5.41) is 0. The lowest BCUT2D eigenvalue weighted by atomic mass is 10.2. The second-order valence-electron chi connectivity index (χ2n) is 6.63. The van der Waals surface area contributed by atoms with Crippen molar-refractivity contribution in [3.8, 4) is 0 Å². The van der Waals surface area contributed by atoms with Crippen molar-refractivity contribution in [1.29, 1.82) is 0 Å². The predicted molar refractivity (Wildman–Crippen MR) is 97.9 cm³/mol. The van der Waals surface area contributed by atoms with Gasteiger partial charge in [-0.15, -0.1) is 0 Å². The molecule has 0 radical (unpaired) electrons. The predicted octanol–water partition coefficient (Wildman–Crippen LogP) is 3.30. The van der Waals surface area contributed by atoms with E-state index in [0.29, 0.717) is 0 Å². The van der Waals surface area contributed by atoms with Crippen LogP contribution < -0.4 is 9.80 Å². The van der Waals surface area contributed by atoms with Gasteiger partial charge >= 0.3 is 6.03 Å². The first-order valence-electron chi connectivity index (χ1n) is 8.68. The Kier molecular flexibility index (Phi) is 3.89. The number of benzene rings is 2. The molecule has 1 fully saturated rings. The van der Waals surface area contributed by atoms with Crippen LogP contribution in [-0.2, 0) is 6.42 Å². The Morgan fingerprint density at radius 2 is 1.71 bits per heavy atom. The van der Waals surface area contributed by atoms with Crippen molar-refractivity contribution in [3.63, 3.8) is 0 Å². The number of aryl methyl sites for hydroxylation is 1. The quantitative estimate of drug-likeness (QED) is 0.806. The summed E-state index contributed by atoms with van der Waals surface area (Å²) >= 11 is 0. The van der Waals surface area contributed by atoms with Gasteiger partial charge in [-0.25, -0.2) is 4.79 Å². The van der Waals surface area contributed by atoms with Crippen molar-refractivity contribution in [1.82, 2.24) is 4.90 Å². The van der Waals surface area contributed by atoms with Crippen molar-refractivity contribution < 1.29 is 4.79 Å². The average Bonchev–Trinajstić information content (AvgIpc) is 3.05. The molecule has 2 aliphatic heterocycles. The first-order valence-corrected chi connectivity index (χ1v) is 8.68. The van der Waals surface area contributed by atoms with Gasteiger partial charge in [0.05, 0.1) is 0 Å². The molecule has 0 N–H and O–H groups in total. The molecule has 0 atom stereocenters. The van der Waals surface area contributed by atoms with E-state index in [1.807, 2.05) is 21.9 Å². The Morgan fingerprint density at radius 1 is 0.917 bits per heavy atom. The summed E-state index contributed by atoms with van der Waals surface area (Å²) in [5.74, 6) is 0. The number of para-hydroxylation sites is 1. The number of urea groups is 1. The standard InChI is InChI=1S/C20H23N3O/c1-16-5-4-7-18(15-16)21-11-13-22(14-12-21)20(24)23-10-9-17-6-2-3-8-19(17)23/h2-8,15H,9-14H2,1H3. The van der Waals surface area contributed by atoms with Crippen LogP contribution in [0.25, 0.3) is 0 Å². The highest BCUT2D eigenvalue weighted by Gasteiger charge is 2.30. The van der Waals surface area contributed by atoms with E-state index in [2.05, 4.69) is 48.2 Å². The molecule has 4 rings (SSSR count). The summed E-state index contributed by atoms with van der Waals surface area (Å²) in [5.41, 5.74) is 4.90. The molecule has 124 valence electrons. The molecule has 4 heteroatoms. The molecule has 24 heavy (non-hydrogen) atoms. The largest absolute Gasteiger partial charge is 0.368 e. The fourth-order valence-electron chi connectivity index (χ4n) is 3.69. The molecule has 0 unspecified atom stereocenters. The van der Waals surface area contributed by atoms with Crippen molar-refractivity contribution in [2.24, 2.45) is 0 Å². The molecule has 4 nitrogen and oxygen atoms in total. The fourth-order valence-corrected chi connectivity index (χ4v) is 3.69. The summed E-state index contributed by atoms with van der Waals surface area (Å²) in [6.45, 7) is 6.27. The van der Waals surface area contributed by atoms with Gasteiger partial charge in [0.15, 0.2) is 0 Å². The maximum absolute atomic E-state index is 12.9. The third-order valence-corrected chi connectivity index (χ3v) is 5.04. The molecule has 2 amide bonds. The SMILES string of the molecule is Cc1cccc(N2CCN(C(=O)N3CCc4ccccc43)CC2)c1. The number of fused-ring (bicyclic) bond motifs is 1. The molecular weight excluding hydrogens is 298 g/mol. The number of rotatable bonds is 1. The molecule has 0 aromatic heterocycles. The van der Waals surface area contributed by atoms with E-state index >= 15 is 0 Å². The third kappa shape index (κ3) is 2.73. The highest BCUT2D eigenvalue weighted by molar-refractivity contribution is 5.94. The molecule has 0 aliphatic carbocycles. The lowest BCUT2D eigenvalue weighted by Gasteiger charge is -2.38. The minimum Gasteiger partial charge on any atom is -0.368 e. The Hall–Kier alpha value is -2.49. The van der Waals surface area contributed by atoms with Crippen LogP contribution >= 0.6 is 0 Å². The minimum absolute atomic E-state index is 0.156. The number of hydrogen-bond donors (Lipinski definition) is 0. The highest BCUT2D eigenvalue weighted by Crippen LogP contribution is 2.28. The molecule has 2 aromatic carbocycles. The molecule has 1 saturated heterocycles. The molecule has 2 aliphatic rings. The lowest BCUT2D eigenvalue weighted by molar-refractivity contribution is 0.201. The summed E-state index contributed by atoms with van der Waals surface area (Å²) in [6, 6.07) is 17.0. The zero-order chi connectivity index (χ0) is 16.5. The Balaban J connectivity index is 1.42. The van der Waals surface area contributed by atoms with E-state index in [1.54, 1.807) is 0 Å². The summed E-state index contributed by atoms with van der Waals surface area (Å²) in [4.78, 5) is 19.2. The summed E-state index contributed by atoms with van der Waals surface area (Å²) in [7, 11) is 0. The maximum Gasteiger partial charge on any atom is 0.324 e.